The van der Waals surface area contributed by atoms with Crippen molar-refractivity contribution in [1.82, 2.24) is 0 Å². The van der Waals surface area contributed by atoms with Gasteiger partial charge in [-0.25, -0.2) is 0 Å². The lowest BCUT2D eigenvalue weighted by atomic mass is 10.1. The Balaban J connectivity index is 2.73. The molecule has 0 saturated heterocycles. The van der Waals surface area contributed by atoms with Gasteiger partial charge in [0.15, 0.2) is 5.75 Å². The van der Waals surface area contributed by atoms with Gasteiger partial charge in [0.25, 0.3) is 0 Å². The summed E-state index contributed by atoms with van der Waals surface area (Å²) in [6, 6.07) is 2.77. The summed E-state index contributed by atoms with van der Waals surface area (Å²) >= 11 is 11.5. The Bertz CT molecular complexity index is 582. The van der Waals surface area contributed by atoms with Gasteiger partial charge in [0.1, 0.15) is 11.5 Å². The van der Waals surface area contributed by atoms with Crippen LogP contribution < -0.4 is 4.18 Å². The minimum atomic E-state index is -3.81. The molecule has 16 heavy (non-hydrogen) atoms. The third kappa shape index (κ3) is 1.95. The molecule has 86 valence electrons. The quantitative estimate of drug-likeness (QED) is 0.448. The Morgan fingerprint density at radius 2 is 2.06 bits per heavy atom. The fraction of sp³-hybridized carbons (Fsp3) is 0.125. The van der Waals surface area contributed by atoms with Gasteiger partial charge in [-0.1, -0.05) is 28.4 Å². The van der Waals surface area contributed by atoms with E-state index in [9.17, 15) is 8.42 Å². The normalized spacial score (nSPS) is 20.2. The van der Waals surface area contributed by atoms with Gasteiger partial charge in [0.2, 0.25) is 0 Å². The van der Waals surface area contributed by atoms with E-state index in [-0.39, 0.29) is 22.0 Å². The maximum atomic E-state index is 11.3. The Morgan fingerprint density at radius 1 is 1.38 bits per heavy atom. The summed E-state index contributed by atoms with van der Waals surface area (Å²) in [4.78, 5) is 0. The zero-order valence-electron chi connectivity index (χ0n) is 7.65. The van der Waals surface area contributed by atoms with E-state index in [1.807, 2.05) is 0 Å². The highest BCUT2D eigenvalue weighted by molar-refractivity contribution is 7.88. The lowest BCUT2D eigenvalue weighted by molar-refractivity contribution is 0.318. The first kappa shape index (κ1) is 11.5. The standard InChI is InChI=1S/C8H5Cl2NO4S/c9-4-1-5-7(11-12)3-16(13,14)15-8(5)6(10)2-4/h1-2,12H,3H2/b11-7+. The second-order valence-corrected chi connectivity index (χ2v) is 5.51. The van der Waals surface area contributed by atoms with Gasteiger partial charge >= 0.3 is 10.1 Å². The molecule has 1 N–H and O–H groups in total. The summed E-state index contributed by atoms with van der Waals surface area (Å²) in [5.74, 6) is -0.585. The van der Waals surface area contributed by atoms with Crippen molar-refractivity contribution in [3.63, 3.8) is 0 Å². The fourth-order valence-electron chi connectivity index (χ4n) is 1.34. The van der Waals surface area contributed by atoms with Crippen molar-refractivity contribution in [2.24, 2.45) is 5.16 Å². The van der Waals surface area contributed by atoms with E-state index < -0.39 is 15.9 Å². The highest BCUT2D eigenvalue weighted by Crippen LogP contribution is 2.36. The molecule has 1 heterocycles. The van der Waals surface area contributed by atoms with Crippen LogP contribution >= 0.6 is 23.2 Å². The van der Waals surface area contributed by atoms with Gasteiger partial charge in [0, 0.05) is 10.6 Å². The second kappa shape index (κ2) is 3.80. The molecule has 0 amide bonds. The molecule has 8 heteroatoms. The van der Waals surface area contributed by atoms with Crippen molar-refractivity contribution in [3.05, 3.63) is 27.7 Å². The van der Waals surface area contributed by atoms with Crippen LogP contribution in [0.15, 0.2) is 17.3 Å². The molecular weight excluding hydrogens is 277 g/mol. The smallest absolute Gasteiger partial charge is 0.315 e. The Hall–Kier alpha value is -0.980. The van der Waals surface area contributed by atoms with Crippen molar-refractivity contribution in [3.8, 4) is 5.75 Å². The molecule has 0 aliphatic carbocycles. The summed E-state index contributed by atoms with van der Waals surface area (Å²) in [6.07, 6.45) is 0. The number of halogens is 2. The molecule has 1 aromatic rings. The lowest BCUT2D eigenvalue weighted by Gasteiger charge is -2.18. The Morgan fingerprint density at radius 3 is 2.69 bits per heavy atom. The van der Waals surface area contributed by atoms with Crippen molar-refractivity contribution in [2.75, 3.05) is 5.75 Å². The zero-order chi connectivity index (χ0) is 11.9. The van der Waals surface area contributed by atoms with E-state index >= 15 is 0 Å². The molecule has 0 saturated carbocycles. The van der Waals surface area contributed by atoms with Crippen LogP contribution in [0.3, 0.4) is 0 Å². The third-order valence-electron chi connectivity index (χ3n) is 1.96. The number of oxime groups is 1. The first-order valence-electron chi connectivity index (χ1n) is 4.05. The topological polar surface area (TPSA) is 76.0 Å². The van der Waals surface area contributed by atoms with Crippen LogP contribution in [-0.4, -0.2) is 25.1 Å². The number of rotatable bonds is 0. The highest BCUT2D eigenvalue weighted by atomic mass is 35.5. The van der Waals surface area contributed by atoms with E-state index in [1.165, 1.54) is 12.1 Å². The molecule has 0 unspecified atom stereocenters. The van der Waals surface area contributed by atoms with Crippen LogP contribution in [-0.2, 0) is 10.1 Å². The van der Waals surface area contributed by atoms with E-state index in [0.29, 0.717) is 5.02 Å². The lowest BCUT2D eigenvalue weighted by Crippen LogP contribution is -2.28. The molecule has 1 aliphatic heterocycles. The van der Waals surface area contributed by atoms with Crippen molar-refractivity contribution >= 4 is 39.0 Å². The maximum Gasteiger partial charge on any atom is 0.315 e. The van der Waals surface area contributed by atoms with Gasteiger partial charge in [-0.05, 0) is 12.1 Å². The Kier molecular flexibility index (Phi) is 2.73. The molecule has 0 fully saturated rings. The zero-order valence-corrected chi connectivity index (χ0v) is 9.97. The first-order valence-corrected chi connectivity index (χ1v) is 6.39. The summed E-state index contributed by atoms with van der Waals surface area (Å²) in [5.41, 5.74) is 0.223. The molecule has 1 aliphatic rings. The van der Waals surface area contributed by atoms with Crippen LogP contribution in [0.4, 0.5) is 0 Å². The average Bonchev–Trinajstić information content (AvgIpc) is 2.18. The fourth-order valence-corrected chi connectivity index (χ4v) is 2.96. The van der Waals surface area contributed by atoms with Crippen LogP contribution in [0.1, 0.15) is 5.56 Å². The predicted molar refractivity (Wildman–Crippen MR) is 59.2 cm³/mol. The molecule has 0 radical (unpaired) electrons. The number of benzene rings is 1. The molecule has 0 bridgehead atoms. The number of hydrogen-bond acceptors (Lipinski definition) is 5. The molecule has 0 atom stereocenters. The average molecular weight is 282 g/mol. The van der Waals surface area contributed by atoms with Crippen LogP contribution in [0.25, 0.3) is 0 Å². The molecule has 2 rings (SSSR count). The predicted octanol–water partition coefficient (Wildman–Crippen LogP) is 1.89. The molecule has 1 aromatic carbocycles. The summed E-state index contributed by atoms with van der Waals surface area (Å²) in [5, 5.41) is 12.0. The van der Waals surface area contributed by atoms with Gasteiger partial charge < -0.3 is 9.39 Å². The third-order valence-corrected chi connectivity index (χ3v) is 3.51. The van der Waals surface area contributed by atoms with Crippen molar-refractivity contribution < 1.29 is 17.8 Å². The molecule has 0 aromatic heterocycles. The van der Waals surface area contributed by atoms with Gasteiger partial charge in [-0.3, -0.25) is 0 Å². The molecular formula is C8H5Cl2NO4S. The number of nitrogens with zero attached hydrogens (tertiary/aromatic N) is 1. The van der Waals surface area contributed by atoms with E-state index in [1.54, 1.807) is 0 Å². The van der Waals surface area contributed by atoms with Crippen molar-refractivity contribution in [1.29, 1.82) is 0 Å². The summed E-state index contributed by atoms with van der Waals surface area (Å²) < 4.78 is 27.4. The van der Waals surface area contributed by atoms with Gasteiger partial charge in [0.05, 0.1) is 5.02 Å². The largest absolute Gasteiger partial charge is 0.411 e. The second-order valence-electron chi connectivity index (χ2n) is 3.10. The number of fused-ring (bicyclic) bond motifs is 1. The van der Waals surface area contributed by atoms with Crippen LogP contribution in [0.5, 0.6) is 5.75 Å². The minimum Gasteiger partial charge on any atom is -0.411 e. The van der Waals surface area contributed by atoms with Gasteiger partial charge in [-0.2, -0.15) is 8.42 Å². The molecule has 0 spiro atoms. The van der Waals surface area contributed by atoms with E-state index in [4.69, 9.17) is 32.6 Å². The minimum absolute atomic E-state index is 0.0481. The highest BCUT2D eigenvalue weighted by Gasteiger charge is 2.30. The van der Waals surface area contributed by atoms with Crippen LogP contribution in [0, 0.1) is 0 Å². The maximum absolute atomic E-state index is 11.3. The van der Waals surface area contributed by atoms with Crippen LogP contribution in [0.2, 0.25) is 10.0 Å². The number of hydrogen-bond donors (Lipinski definition) is 1. The van der Waals surface area contributed by atoms with E-state index in [2.05, 4.69) is 5.16 Å². The van der Waals surface area contributed by atoms with Crippen molar-refractivity contribution in [2.45, 2.75) is 0 Å². The Labute approximate surface area is 101 Å². The van der Waals surface area contributed by atoms with E-state index in [0.717, 1.165) is 0 Å². The monoisotopic (exact) mass is 281 g/mol. The summed E-state index contributed by atoms with van der Waals surface area (Å²) in [7, 11) is -3.81. The first-order chi connectivity index (χ1) is 7.43. The summed E-state index contributed by atoms with van der Waals surface area (Å²) in [6.45, 7) is 0. The van der Waals surface area contributed by atoms with Gasteiger partial charge in [-0.15, -0.1) is 0 Å². The molecule has 5 nitrogen and oxygen atoms in total. The SMILES string of the molecule is O=S1(=O)C/C(=N\O)c2cc(Cl)cc(Cl)c2O1.